The van der Waals surface area contributed by atoms with Crippen LogP contribution in [0.3, 0.4) is 0 Å². The SMILES string of the molecule is COC(=O)c1c(OC)cc2cc(CC(C)=O)c(OC)cc2c1OC. The Morgan fingerprint density at radius 3 is 2.08 bits per heavy atom. The maximum Gasteiger partial charge on any atom is 0.345 e. The molecule has 0 saturated heterocycles. The van der Waals surface area contributed by atoms with Gasteiger partial charge in [0.2, 0.25) is 0 Å². The molecule has 0 unspecified atom stereocenters. The summed E-state index contributed by atoms with van der Waals surface area (Å²) in [5.41, 5.74) is 0.962. The van der Waals surface area contributed by atoms with E-state index in [1.807, 2.05) is 6.07 Å². The van der Waals surface area contributed by atoms with Gasteiger partial charge in [-0.15, -0.1) is 0 Å². The summed E-state index contributed by atoms with van der Waals surface area (Å²) in [6, 6.07) is 5.30. The zero-order valence-corrected chi connectivity index (χ0v) is 14.4. The Balaban J connectivity index is 2.84. The molecule has 0 atom stereocenters. The number of ether oxygens (including phenoxy) is 4. The second-order valence-electron chi connectivity index (χ2n) is 5.24. The van der Waals surface area contributed by atoms with Crippen molar-refractivity contribution in [3.63, 3.8) is 0 Å². The van der Waals surface area contributed by atoms with Gasteiger partial charge >= 0.3 is 5.97 Å². The number of ketones is 1. The lowest BCUT2D eigenvalue weighted by Gasteiger charge is -2.16. The zero-order chi connectivity index (χ0) is 17.9. The lowest BCUT2D eigenvalue weighted by atomic mass is 9.98. The first-order chi connectivity index (χ1) is 11.5. The molecular formula is C18H20O6. The molecule has 0 aliphatic heterocycles. The van der Waals surface area contributed by atoms with Crippen LogP contribution in [0.25, 0.3) is 10.8 Å². The van der Waals surface area contributed by atoms with Gasteiger partial charge in [0.15, 0.2) is 0 Å². The van der Waals surface area contributed by atoms with Gasteiger partial charge in [0.25, 0.3) is 0 Å². The Morgan fingerprint density at radius 2 is 1.58 bits per heavy atom. The van der Waals surface area contributed by atoms with Gasteiger partial charge in [0.1, 0.15) is 28.6 Å². The Hall–Kier alpha value is -2.76. The van der Waals surface area contributed by atoms with Crippen molar-refractivity contribution in [2.24, 2.45) is 0 Å². The molecule has 0 aliphatic carbocycles. The highest BCUT2D eigenvalue weighted by atomic mass is 16.5. The third-order valence-corrected chi connectivity index (χ3v) is 3.71. The number of hydrogen-bond donors (Lipinski definition) is 0. The van der Waals surface area contributed by atoms with Crippen molar-refractivity contribution < 1.29 is 28.5 Å². The average molecular weight is 332 g/mol. The van der Waals surface area contributed by atoms with Crippen LogP contribution in [0.2, 0.25) is 0 Å². The van der Waals surface area contributed by atoms with Crippen molar-refractivity contribution in [2.45, 2.75) is 13.3 Å². The van der Waals surface area contributed by atoms with E-state index in [0.717, 1.165) is 10.9 Å². The summed E-state index contributed by atoms with van der Waals surface area (Å²) in [5, 5.41) is 1.44. The molecule has 24 heavy (non-hydrogen) atoms. The molecule has 6 nitrogen and oxygen atoms in total. The van der Waals surface area contributed by atoms with Crippen LogP contribution in [0.4, 0.5) is 0 Å². The van der Waals surface area contributed by atoms with Gasteiger partial charge in [0.05, 0.1) is 28.4 Å². The van der Waals surface area contributed by atoms with Crippen molar-refractivity contribution in [3.05, 3.63) is 29.3 Å². The fourth-order valence-electron chi connectivity index (χ4n) is 2.68. The van der Waals surface area contributed by atoms with Crippen LogP contribution in [0, 0.1) is 0 Å². The molecule has 0 bridgehead atoms. The maximum absolute atomic E-state index is 12.1. The summed E-state index contributed by atoms with van der Waals surface area (Å²) in [7, 11) is 5.76. The molecule has 0 fully saturated rings. The monoisotopic (exact) mass is 332 g/mol. The van der Waals surface area contributed by atoms with E-state index < -0.39 is 5.97 Å². The number of carbonyl (C=O) groups is 2. The first-order valence-electron chi connectivity index (χ1n) is 7.30. The van der Waals surface area contributed by atoms with E-state index in [2.05, 4.69) is 0 Å². The Kier molecular flexibility index (Phi) is 5.28. The van der Waals surface area contributed by atoms with Crippen LogP contribution in [-0.4, -0.2) is 40.2 Å². The Morgan fingerprint density at radius 1 is 0.917 bits per heavy atom. The van der Waals surface area contributed by atoms with Crippen molar-refractivity contribution in [2.75, 3.05) is 28.4 Å². The fourth-order valence-corrected chi connectivity index (χ4v) is 2.68. The molecule has 0 saturated carbocycles. The van der Waals surface area contributed by atoms with Gasteiger partial charge < -0.3 is 18.9 Å². The van der Waals surface area contributed by atoms with Crippen LogP contribution < -0.4 is 14.2 Å². The quantitative estimate of drug-likeness (QED) is 0.758. The molecule has 2 rings (SSSR count). The number of benzene rings is 2. The second kappa shape index (κ2) is 7.21. The lowest BCUT2D eigenvalue weighted by Crippen LogP contribution is -2.08. The molecule has 128 valence electrons. The maximum atomic E-state index is 12.1. The zero-order valence-electron chi connectivity index (χ0n) is 14.4. The molecule has 0 spiro atoms. The first-order valence-corrected chi connectivity index (χ1v) is 7.30. The third-order valence-electron chi connectivity index (χ3n) is 3.71. The van der Waals surface area contributed by atoms with Gasteiger partial charge in [-0.25, -0.2) is 4.79 Å². The molecule has 0 radical (unpaired) electrons. The standard InChI is InChI=1S/C18H20O6/c1-10(19)6-12-7-11-8-15(22-3)16(18(20)24-5)17(23-4)13(11)9-14(12)21-2/h7-9H,6H2,1-5H3. The summed E-state index contributed by atoms with van der Waals surface area (Å²) in [4.78, 5) is 23.6. The largest absolute Gasteiger partial charge is 0.496 e. The van der Waals surface area contributed by atoms with Gasteiger partial charge in [-0.1, -0.05) is 0 Å². The van der Waals surface area contributed by atoms with Crippen molar-refractivity contribution >= 4 is 22.5 Å². The Labute approximate surface area is 140 Å². The molecule has 2 aromatic carbocycles. The lowest BCUT2D eigenvalue weighted by molar-refractivity contribution is -0.116. The highest BCUT2D eigenvalue weighted by molar-refractivity contribution is 6.05. The highest BCUT2D eigenvalue weighted by Crippen LogP contribution is 2.40. The molecule has 0 N–H and O–H groups in total. The van der Waals surface area contributed by atoms with E-state index in [1.165, 1.54) is 35.4 Å². The predicted octanol–water partition coefficient (Wildman–Crippen LogP) is 2.78. The summed E-state index contributed by atoms with van der Waals surface area (Å²) >= 11 is 0. The van der Waals surface area contributed by atoms with Gasteiger partial charge in [0, 0.05) is 17.4 Å². The van der Waals surface area contributed by atoms with E-state index in [-0.39, 0.29) is 17.8 Å². The first kappa shape index (κ1) is 17.6. The summed E-state index contributed by atoms with van der Waals surface area (Å²) in [6.45, 7) is 1.52. The van der Waals surface area contributed by atoms with E-state index in [1.54, 1.807) is 12.1 Å². The average Bonchev–Trinajstić information content (AvgIpc) is 2.58. The van der Waals surface area contributed by atoms with Gasteiger partial charge in [-0.05, 0) is 30.5 Å². The predicted molar refractivity (Wildman–Crippen MR) is 89.3 cm³/mol. The number of methoxy groups -OCH3 is 4. The van der Waals surface area contributed by atoms with E-state index in [9.17, 15) is 9.59 Å². The van der Waals surface area contributed by atoms with E-state index >= 15 is 0 Å². The van der Waals surface area contributed by atoms with Crippen LogP contribution in [0.5, 0.6) is 17.2 Å². The second-order valence-corrected chi connectivity index (χ2v) is 5.24. The summed E-state index contributed by atoms with van der Waals surface area (Å²) in [6.07, 6.45) is 0.252. The van der Waals surface area contributed by atoms with Gasteiger partial charge in [-0.2, -0.15) is 0 Å². The minimum atomic E-state index is -0.558. The fraction of sp³-hybridized carbons (Fsp3) is 0.333. The van der Waals surface area contributed by atoms with Gasteiger partial charge in [-0.3, -0.25) is 4.79 Å². The number of Topliss-reactive ketones (excluding diaryl/α,β-unsaturated/α-hetero) is 1. The number of esters is 1. The van der Waals surface area contributed by atoms with Crippen LogP contribution in [0.15, 0.2) is 18.2 Å². The molecular weight excluding hydrogens is 312 g/mol. The number of fused-ring (bicyclic) bond motifs is 1. The summed E-state index contributed by atoms with van der Waals surface area (Å²) < 4.78 is 21.0. The summed E-state index contributed by atoms with van der Waals surface area (Å²) in [5.74, 6) is 0.695. The van der Waals surface area contributed by atoms with Crippen molar-refractivity contribution in [1.29, 1.82) is 0 Å². The highest BCUT2D eigenvalue weighted by Gasteiger charge is 2.23. The molecule has 0 aromatic heterocycles. The van der Waals surface area contributed by atoms with Crippen molar-refractivity contribution in [1.82, 2.24) is 0 Å². The smallest absolute Gasteiger partial charge is 0.345 e. The van der Waals surface area contributed by atoms with Crippen LogP contribution in [-0.2, 0) is 16.0 Å². The van der Waals surface area contributed by atoms with Crippen LogP contribution >= 0.6 is 0 Å². The molecule has 0 amide bonds. The number of rotatable bonds is 6. The van der Waals surface area contributed by atoms with Crippen molar-refractivity contribution in [3.8, 4) is 17.2 Å². The number of hydrogen-bond acceptors (Lipinski definition) is 6. The minimum absolute atomic E-state index is 0.0257. The van der Waals surface area contributed by atoms with E-state index in [4.69, 9.17) is 18.9 Å². The molecule has 0 aliphatic rings. The topological polar surface area (TPSA) is 71.1 Å². The molecule has 2 aromatic rings. The number of carbonyl (C=O) groups excluding carboxylic acids is 2. The third kappa shape index (κ3) is 3.13. The normalized spacial score (nSPS) is 10.4. The Bertz CT molecular complexity index is 794. The molecule has 6 heteroatoms. The minimum Gasteiger partial charge on any atom is -0.496 e. The van der Waals surface area contributed by atoms with Crippen LogP contribution in [0.1, 0.15) is 22.8 Å². The van der Waals surface area contributed by atoms with E-state index in [0.29, 0.717) is 22.6 Å². The molecule has 0 heterocycles.